The lowest BCUT2D eigenvalue weighted by atomic mass is 10.4. The van der Waals surface area contributed by atoms with Gasteiger partial charge in [-0.15, -0.1) is 0 Å². The van der Waals surface area contributed by atoms with Crippen molar-refractivity contribution in [2.75, 3.05) is 19.6 Å². The Morgan fingerprint density at radius 3 is 2.43 bits per heavy atom. The fourth-order valence-electron chi connectivity index (χ4n) is 0.919. The van der Waals surface area contributed by atoms with E-state index in [9.17, 15) is 0 Å². The number of nitrogens with zero attached hydrogens (tertiary/aromatic N) is 1. The van der Waals surface area contributed by atoms with Gasteiger partial charge in [-0.25, -0.2) is 0 Å². The van der Waals surface area contributed by atoms with Gasteiger partial charge in [-0.3, -0.25) is 0 Å². The van der Waals surface area contributed by atoms with Gasteiger partial charge >= 0.3 is 0 Å². The largest absolute Gasteiger partial charge is 0.301 e. The van der Waals surface area contributed by atoms with Gasteiger partial charge in [-0.2, -0.15) is 0 Å². The second kappa shape index (κ2) is 1.22. The Bertz CT molecular complexity index is 62.2. The van der Waals surface area contributed by atoms with Crippen molar-refractivity contribution < 1.29 is 0 Å². The monoisotopic (exact) mass is 97.1 g/mol. The maximum atomic E-state index is 2.51. The molecule has 2 rings (SSSR count). The molecule has 1 saturated heterocycles. The lowest BCUT2D eigenvalue weighted by Gasteiger charge is -1.91. The van der Waals surface area contributed by atoms with Gasteiger partial charge in [0.15, 0.2) is 0 Å². The molecule has 2 fully saturated rings. The third-order valence-corrected chi connectivity index (χ3v) is 1.75. The van der Waals surface area contributed by atoms with Crippen LogP contribution in [0.3, 0.4) is 0 Å². The van der Waals surface area contributed by atoms with Crippen LogP contribution in [0.2, 0.25) is 0 Å². The molecule has 40 valence electrons. The van der Waals surface area contributed by atoms with E-state index in [-0.39, 0.29) is 0 Å². The third kappa shape index (κ3) is 0.942. The summed E-state index contributed by atoms with van der Waals surface area (Å²) in [5, 5.41) is 0. The summed E-state index contributed by atoms with van der Waals surface area (Å²) in [6.45, 7) is 4.19. The topological polar surface area (TPSA) is 3.01 Å². The van der Waals surface area contributed by atoms with Gasteiger partial charge in [-0.05, 0) is 18.8 Å². The first-order valence-corrected chi connectivity index (χ1v) is 3.17. The predicted molar refractivity (Wildman–Crippen MR) is 29.2 cm³/mol. The van der Waals surface area contributed by atoms with Crippen LogP contribution >= 0.6 is 0 Å². The Morgan fingerprint density at radius 2 is 2.00 bits per heavy atom. The quantitative estimate of drug-likeness (QED) is 0.459. The molecule has 1 heteroatoms. The summed E-state index contributed by atoms with van der Waals surface area (Å²) in [6, 6.07) is 0. The Hall–Kier alpha value is -0.0400. The molecule has 0 bridgehead atoms. The van der Waals surface area contributed by atoms with Crippen LogP contribution in [0.1, 0.15) is 12.8 Å². The molecule has 0 aromatic heterocycles. The lowest BCUT2D eigenvalue weighted by Crippen LogP contribution is -1.99. The van der Waals surface area contributed by atoms with Gasteiger partial charge in [-0.1, -0.05) is 0 Å². The van der Waals surface area contributed by atoms with E-state index in [1.807, 2.05) is 0 Å². The molecule has 0 aromatic carbocycles. The molecule has 0 N–H and O–H groups in total. The maximum Gasteiger partial charge on any atom is 0.0110 e. The number of rotatable bonds is 2. The van der Waals surface area contributed by atoms with Crippen molar-refractivity contribution in [2.45, 2.75) is 12.8 Å². The molecule has 0 atom stereocenters. The Morgan fingerprint density at radius 1 is 1.29 bits per heavy atom. The van der Waals surface area contributed by atoms with Crippen LogP contribution in [0, 0.1) is 5.92 Å². The van der Waals surface area contributed by atoms with E-state index in [0.29, 0.717) is 0 Å². The summed E-state index contributed by atoms with van der Waals surface area (Å²) in [6.07, 6.45) is 3.02. The van der Waals surface area contributed by atoms with Gasteiger partial charge in [0.25, 0.3) is 0 Å². The van der Waals surface area contributed by atoms with Crippen LogP contribution in [-0.4, -0.2) is 24.5 Å². The zero-order valence-corrected chi connectivity index (χ0v) is 4.56. The minimum Gasteiger partial charge on any atom is -0.301 e. The van der Waals surface area contributed by atoms with E-state index in [1.54, 1.807) is 0 Å². The minimum atomic E-state index is 1.11. The van der Waals surface area contributed by atoms with Gasteiger partial charge < -0.3 is 4.90 Å². The molecule has 0 aromatic rings. The highest BCUT2D eigenvalue weighted by Crippen LogP contribution is 2.31. The van der Waals surface area contributed by atoms with Crippen molar-refractivity contribution in [2.24, 2.45) is 5.92 Å². The van der Waals surface area contributed by atoms with Crippen LogP contribution in [0.15, 0.2) is 0 Å². The molecule has 7 heavy (non-hydrogen) atoms. The van der Waals surface area contributed by atoms with Crippen molar-refractivity contribution in [3.8, 4) is 0 Å². The molecule has 0 radical (unpaired) electrons. The number of hydrogen-bond acceptors (Lipinski definition) is 1. The molecule has 0 spiro atoms. The van der Waals surface area contributed by atoms with Crippen molar-refractivity contribution in [3.63, 3.8) is 0 Å². The zero-order chi connectivity index (χ0) is 4.69. The van der Waals surface area contributed by atoms with Crippen molar-refractivity contribution in [1.29, 1.82) is 0 Å². The SMILES string of the molecule is C1CC1CN1CC1. The van der Waals surface area contributed by atoms with E-state index < -0.39 is 0 Å². The minimum absolute atomic E-state index is 1.11. The molecular weight excluding hydrogens is 86.1 g/mol. The van der Waals surface area contributed by atoms with Gasteiger partial charge in [0.2, 0.25) is 0 Å². The van der Waals surface area contributed by atoms with E-state index in [2.05, 4.69) is 4.90 Å². The number of hydrogen-bond donors (Lipinski definition) is 0. The Labute approximate surface area is 44.3 Å². The molecular formula is C6H11N. The van der Waals surface area contributed by atoms with E-state index in [4.69, 9.17) is 0 Å². The van der Waals surface area contributed by atoms with E-state index >= 15 is 0 Å². The summed E-state index contributed by atoms with van der Waals surface area (Å²) in [5.74, 6) is 1.11. The fraction of sp³-hybridized carbons (Fsp3) is 1.00. The summed E-state index contributed by atoms with van der Waals surface area (Å²) >= 11 is 0. The van der Waals surface area contributed by atoms with Crippen LogP contribution in [0.4, 0.5) is 0 Å². The normalized spacial score (nSPS) is 30.9. The summed E-state index contributed by atoms with van der Waals surface area (Å²) in [5.41, 5.74) is 0. The summed E-state index contributed by atoms with van der Waals surface area (Å²) < 4.78 is 0. The van der Waals surface area contributed by atoms with Crippen LogP contribution in [0.25, 0.3) is 0 Å². The molecule has 0 unspecified atom stereocenters. The highest BCUT2D eigenvalue weighted by molar-refractivity contribution is 4.82. The fourth-order valence-corrected chi connectivity index (χ4v) is 0.919. The molecule has 1 aliphatic carbocycles. The van der Waals surface area contributed by atoms with Crippen LogP contribution in [-0.2, 0) is 0 Å². The van der Waals surface area contributed by atoms with Crippen molar-refractivity contribution in [1.82, 2.24) is 4.90 Å². The highest BCUT2D eigenvalue weighted by Gasteiger charge is 2.28. The summed E-state index contributed by atoms with van der Waals surface area (Å²) in [4.78, 5) is 2.51. The first-order chi connectivity index (χ1) is 3.45. The first-order valence-electron chi connectivity index (χ1n) is 3.17. The van der Waals surface area contributed by atoms with Gasteiger partial charge in [0.1, 0.15) is 0 Å². The lowest BCUT2D eigenvalue weighted by molar-refractivity contribution is 0.521. The molecule has 1 saturated carbocycles. The standard InChI is InChI=1S/C6H11N/c1-2-6(1)5-7-3-4-7/h6H,1-5H2. The van der Waals surface area contributed by atoms with Gasteiger partial charge in [0, 0.05) is 19.6 Å². The molecule has 2 aliphatic rings. The molecule has 0 amide bonds. The van der Waals surface area contributed by atoms with Crippen molar-refractivity contribution >= 4 is 0 Å². The average molecular weight is 97.2 g/mol. The molecule has 1 nitrogen and oxygen atoms in total. The Balaban J connectivity index is 1.69. The maximum absolute atomic E-state index is 2.51. The van der Waals surface area contributed by atoms with E-state index in [0.717, 1.165) is 5.92 Å². The molecule has 1 aliphatic heterocycles. The van der Waals surface area contributed by atoms with Gasteiger partial charge in [0.05, 0.1) is 0 Å². The van der Waals surface area contributed by atoms with Crippen molar-refractivity contribution in [3.05, 3.63) is 0 Å². The molecule has 1 heterocycles. The summed E-state index contributed by atoms with van der Waals surface area (Å²) in [7, 11) is 0. The highest BCUT2D eigenvalue weighted by atomic mass is 15.3. The van der Waals surface area contributed by atoms with Crippen LogP contribution in [0.5, 0.6) is 0 Å². The third-order valence-electron chi connectivity index (χ3n) is 1.75. The first kappa shape index (κ1) is 3.90. The smallest absolute Gasteiger partial charge is 0.0110 e. The second-order valence-corrected chi connectivity index (χ2v) is 2.74. The Kier molecular flexibility index (Phi) is 0.680. The van der Waals surface area contributed by atoms with E-state index in [1.165, 1.54) is 32.5 Å². The second-order valence-electron chi connectivity index (χ2n) is 2.74. The predicted octanol–water partition coefficient (Wildman–Crippen LogP) is 0.712. The zero-order valence-electron chi connectivity index (χ0n) is 4.56. The average Bonchev–Trinajstić information content (AvgIpc) is 2.33. The van der Waals surface area contributed by atoms with Crippen LogP contribution < -0.4 is 0 Å².